The number of rotatable bonds is 8. The first-order valence-corrected chi connectivity index (χ1v) is 8.91. The van der Waals surface area contributed by atoms with E-state index in [4.69, 9.17) is 4.74 Å². The van der Waals surface area contributed by atoms with E-state index in [2.05, 4.69) is 9.68 Å². The molecule has 1 aromatic rings. The van der Waals surface area contributed by atoms with Crippen molar-refractivity contribution < 1.29 is 22.7 Å². The Bertz CT molecular complexity index is 708. The molecule has 3 amide bonds. The van der Waals surface area contributed by atoms with Gasteiger partial charge in [0.2, 0.25) is 5.91 Å². The van der Waals surface area contributed by atoms with Crippen molar-refractivity contribution in [1.82, 2.24) is 10.2 Å². The van der Waals surface area contributed by atoms with E-state index in [1.54, 1.807) is 24.3 Å². The van der Waals surface area contributed by atoms with Crippen molar-refractivity contribution >= 4 is 22.4 Å². The first-order chi connectivity index (χ1) is 11.9. The lowest BCUT2D eigenvalue weighted by Gasteiger charge is -2.24. The second kappa shape index (κ2) is 10.4. The van der Waals surface area contributed by atoms with Gasteiger partial charge in [-0.25, -0.2) is 4.79 Å². The number of nitrogens with one attached hydrogen (secondary N) is 1. The van der Waals surface area contributed by atoms with Crippen LogP contribution in [0.2, 0.25) is 0 Å². The number of carbonyl (C=O) groups excluding carboxylic acids is 2. The molecule has 0 spiro atoms. The first-order valence-electron chi connectivity index (χ1n) is 7.88. The van der Waals surface area contributed by atoms with Gasteiger partial charge in [0.05, 0.1) is 19.6 Å². The van der Waals surface area contributed by atoms with Gasteiger partial charge in [0.1, 0.15) is 5.75 Å². The highest BCUT2D eigenvalue weighted by Crippen LogP contribution is 2.22. The number of urea groups is 1. The molecule has 1 aromatic carbocycles. The molecule has 0 fully saturated rings. The molecule has 0 heterocycles. The number of hydrogen-bond acceptors (Lipinski definition) is 6. The van der Waals surface area contributed by atoms with Crippen LogP contribution in [0.15, 0.2) is 28.6 Å². The molecule has 0 saturated carbocycles. The van der Waals surface area contributed by atoms with Gasteiger partial charge in [-0.2, -0.15) is 12.8 Å². The smallest absolute Gasteiger partial charge is 0.323 e. The van der Waals surface area contributed by atoms with E-state index in [9.17, 15) is 18.0 Å². The van der Waals surface area contributed by atoms with Gasteiger partial charge in [0.25, 0.3) is 0 Å². The minimum Gasteiger partial charge on any atom is -0.497 e. The fraction of sp³-hybridized carbons (Fsp3) is 0.500. The lowest BCUT2D eigenvalue weighted by Crippen LogP contribution is -2.45. The van der Waals surface area contributed by atoms with Gasteiger partial charge in [-0.1, -0.05) is 25.5 Å². The monoisotopic (exact) mass is 369 g/mol. The summed E-state index contributed by atoms with van der Waals surface area (Å²) in [6, 6.07) is 6.12. The van der Waals surface area contributed by atoms with Gasteiger partial charge < -0.3 is 10.1 Å². The van der Waals surface area contributed by atoms with Crippen molar-refractivity contribution in [2.45, 2.75) is 25.7 Å². The molecule has 0 aromatic heterocycles. The van der Waals surface area contributed by atoms with E-state index in [1.165, 1.54) is 14.2 Å². The number of methoxy groups -OCH3 is 1. The molecule has 8 nitrogen and oxygen atoms in total. The number of imide groups is 1. The molecular weight excluding hydrogens is 346 g/mol. The number of carbonyl (C=O) groups is 2. The molecule has 1 rings (SSSR count). The Kier molecular flexibility index (Phi) is 8.62. The maximum absolute atomic E-state index is 12.9. The zero-order valence-electron chi connectivity index (χ0n) is 14.6. The van der Waals surface area contributed by atoms with Crippen LogP contribution in [0.3, 0.4) is 0 Å². The third kappa shape index (κ3) is 6.18. The van der Waals surface area contributed by atoms with Gasteiger partial charge in [-0.15, -0.1) is 0 Å². The lowest BCUT2D eigenvalue weighted by atomic mass is 9.97. The Morgan fingerprint density at radius 1 is 1.28 bits per heavy atom. The predicted molar refractivity (Wildman–Crippen MR) is 93.0 cm³/mol. The fourth-order valence-corrected chi connectivity index (χ4v) is 2.52. The largest absolute Gasteiger partial charge is 0.497 e. The van der Waals surface area contributed by atoms with Crippen LogP contribution in [0, 0.1) is 0 Å². The van der Waals surface area contributed by atoms with E-state index < -0.39 is 28.4 Å². The summed E-state index contributed by atoms with van der Waals surface area (Å²) in [7, 11) is 0.323. The second-order valence-corrected chi connectivity index (χ2v) is 5.95. The quantitative estimate of drug-likeness (QED) is 0.752. The Labute approximate surface area is 148 Å². The minimum atomic E-state index is -2.63. The van der Waals surface area contributed by atoms with Crippen LogP contribution in [0.25, 0.3) is 0 Å². The van der Waals surface area contributed by atoms with Crippen molar-refractivity contribution in [3.63, 3.8) is 0 Å². The molecule has 9 heteroatoms. The fourth-order valence-electron chi connectivity index (χ4n) is 2.25. The average molecular weight is 369 g/mol. The predicted octanol–water partition coefficient (Wildman–Crippen LogP) is 1.81. The van der Waals surface area contributed by atoms with Crippen LogP contribution < -0.4 is 10.1 Å². The number of unbranched alkanes of at least 4 members (excludes halogenated alkanes) is 1. The van der Waals surface area contributed by atoms with Crippen LogP contribution in [0.4, 0.5) is 4.79 Å². The van der Waals surface area contributed by atoms with Gasteiger partial charge in [-0.05, 0) is 24.1 Å². The van der Waals surface area contributed by atoms with Crippen LogP contribution in [-0.4, -0.2) is 52.5 Å². The molecule has 0 radical (unpaired) electrons. The van der Waals surface area contributed by atoms with E-state index in [1.807, 2.05) is 6.92 Å². The SMILES string of the molecule is CCCCN(C(=O)NC)C(=O)C(CN=S(=O)=O)c1ccc(OC)cc1. The topological polar surface area (TPSA) is 105 Å². The third-order valence-electron chi connectivity index (χ3n) is 3.64. The Balaban J connectivity index is 3.20. The molecular formula is C16H23N3O5S. The summed E-state index contributed by atoms with van der Waals surface area (Å²) < 4.78 is 30.1. The van der Waals surface area contributed by atoms with E-state index >= 15 is 0 Å². The minimum absolute atomic E-state index is 0.252. The standard InChI is InChI=1S/C16H23N3O5S/c1-4-5-10-19(16(21)17-2)15(20)14(11-18-25(22)23)12-6-8-13(24-3)9-7-12/h6-9,14H,4-5,10-11H2,1-3H3,(H,17,21). The summed E-state index contributed by atoms with van der Waals surface area (Å²) in [4.78, 5) is 26.0. The normalized spacial score (nSPS) is 11.3. The van der Waals surface area contributed by atoms with E-state index in [-0.39, 0.29) is 13.1 Å². The summed E-state index contributed by atoms with van der Waals surface area (Å²) in [5.41, 5.74) is 0.561. The lowest BCUT2D eigenvalue weighted by molar-refractivity contribution is -0.129. The van der Waals surface area contributed by atoms with Crippen molar-refractivity contribution in [3.05, 3.63) is 29.8 Å². The summed E-state index contributed by atoms with van der Waals surface area (Å²) in [5.74, 6) is -0.765. The molecule has 1 unspecified atom stereocenters. The average Bonchev–Trinajstić information content (AvgIpc) is 2.62. The number of hydrogen-bond donors (Lipinski definition) is 1. The molecule has 0 aliphatic rings. The number of amides is 3. The zero-order chi connectivity index (χ0) is 18.8. The Morgan fingerprint density at radius 3 is 2.40 bits per heavy atom. The number of nitrogens with zero attached hydrogens (tertiary/aromatic N) is 2. The maximum atomic E-state index is 12.9. The molecule has 0 aliphatic heterocycles. The van der Waals surface area contributed by atoms with Gasteiger partial charge in [-0.3, -0.25) is 9.69 Å². The van der Waals surface area contributed by atoms with Crippen LogP contribution in [0.1, 0.15) is 31.2 Å². The van der Waals surface area contributed by atoms with Gasteiger partial charge in [0, 0.05) is 13.6 Å². The van der Waals surface area contributed by atoms with Crippen LogP contribution in [-0.2, 0) is 15.3 Å². The van der Waals surface area contributed by atoms with Crippen molar-refractivity contribution in [2.24, 2.45) is 4.36 Å². The second-order valence-electron chi connectivity index (χ2n) is 5.25. The molecule has 25 heavy (non-hydrogen) atoms. The molecule has 0 bridgehead atoms. The van der Waals surface area contributed by atoms with Crippen molar-refractivity contribution in [1.29, 1.82) is 0 Å². The number of ether oxygens (including phenoxy) is 1. The van der Waals surface area contributed by atoms with Gasteiger partial charge >= 0.3 is 16.5 Å². The van der Waals surface area contributed by atoms with Crippen molar-refractivity contribution in [2.75, 3.05) is 27.2 Å². The van der Waals surface area contributed by atoms with Crippen LogP contribution in [0.5, 0.6) is 5.75 Å². The number of benzene rings is 1. The highest BCUT2D eigenvalue weighted by Gasteiger charge is 2.29. The molecule has 1 N–H and O–H groups in total. The van der Waals surface area contributed by atoms with E-state index in [0.29, 0.717) is 17.7 Å². The zero-order valence-corrected chi connectivity index (χ0v) is 15.4. The molecule has 0 aliphatic carbocycles. The van der Waals surface area contributed by atoms with E-state index in [0.717, 1.165) is 11.3 Å². The summed E-state index contributed by atoms with van der Waals surface area (Å²) in [6.07, 6.45) is 1.46. The highest BCUT2D eigenvalue weighted by atomic mass is 32.2. The van der Waals surface area contributed by atoms with Gasteiger partial charge in [0.15, 0.2) is 0 Å². The third-order valence-corrected chi connectivity index (χ3v) is 4.00. The Hall–Kier alpha value is -2.42. The summed E-state index contributed by atoms with van der Waals surface area (Å²) in [5, 5.41) is 2.44. The van der Waals surface area contributed by atoms with Crippen molar-refractivity contribution in [3.8, 4) is 5.75 Å². The maximum Gasteiger partial charge on any atom is 0.323 e. The van der Waals surface area contributed by atoms with Crippen LogP contribution >= 0.6 is 0 Å². The molecule has 1 atom stereocenters. The summed E-state index contributed by atoms with van der Waals surface area (Å²) >= 11 is 0. The highest BCUT2D eigenvalue weighted by molar-refractivity contribution is 7.61. The first kappa shape index (κ1) is 20.6. The molecule has 138 valence electrons. The Morgan fingerprint density at radius 2 is 1.92 bits per heavy atom. The summed E-state index contributed by atoms with van der Waals surface area (Å²) in [6.45, 7) is 1.94. The molecule has 0 saturated heterocycles.